The normalized spacial score (nSPS) is 11.4. The van der Waals surface area contributed by atoms with Crippen LogP contribution in [0.1, 0.15) is 5.56 Å². The van der Waals surface area contributed by atoms with Gasteiger partial charge in [0.05, 0.1) is 5.02 Å². The quantitative estimate of drug-likeness (QED) is 0.656. The third-order valence-corrected chi connectivity index (χ3v) is 2.58. The van der Waals surface area contributed by atoms with Crippen LogP contribution in [0.4, 0.5) is 4.79 Å². The van der Waals surface area contributed by atoms with Gasteiger partial charge in [-0.15, -0.1) is 15.3 Å². The fourth-order valence-corrected chi connectivity index (χ4v) is 1.79. The van der Waals surface area contributed by atoms with Crippen LogP contribution < -0.4 is 5.32 Å². The first kappa shape index (κ1) is 13.3. The molecule has 0 atom stereocenters. The lowest BCUT2D eigenvalue weighted by Gasteiger charge is -2.08. The number of carbonyl (C=O) groups is 1. The van der Waals surface area contributed by atoms with Crippen molar-refractivity contribution in [2.45, 2.75) is 0 Å². The number of halogens is 2. The van der Waals surface area contributed by atoms with E-state index in [1.54, 1.807) is 12.1 Å². The molecule has 0 unspecified atom stereocenters. The number of amides is 1. The topological polar surface area (TPSA) is 92.4 Å². The second kappa shape index (κ2) is 5.68. The standard InChI is InChI=1S/C10H7Cl2N5O2/c11-6-1-2-7(8(12)3-6)9(15-10(18)19)16-17-4-13-14-5-17/h1-5H,(H,15,16)(H,18,19). The van der Waals surface area contributed by atoms with Crippen molar-refractivity contribution in [1.82, 2.24) is 20.2 Å². The first-order valence-corrected chi connectivity index (χ1v) is 5.71. The van der Waals surface area contributed by atoms with E-state index >= 15 is 0 Å². The summed E-state index contributed by atoms with van der Waals surface area (Å²) in [6, 6.07) is 4.63. The van der Waals surface area contributed by atoms with Crippen molar-refractivity contribution < 1.29 is 9.90 Å². The Morgan fingerprint density at radius 2 is 2.00 bits per heavy atom. The molecule has 0 radical (unpaired) electrons. The number of benzene rings is 1. The molecule has 0 fully saturated rings. The van der Waals surface area contributed by atoms with Gasteiger partial charge in [0.25, 0.3) is 0 Å². The van der Waals surface area contributed by atoms with E-state index in [2.05, 4.69) is 20.6 Å². The zero-order valence-electron chi connectivity index (χ0n) is 9.29. The third kappa shape index (κ3) is 3.43. The lowest BCUT2D eigenvalue weighted by atomic mass is 10.2. The molecular weight excluding hydrogens is 293 g/mol. The van der Waals surface area contributed by atoms with Crippen LogP contribution in [0.5, 0.6) is 0 Å². The van der Waals surface area contributed by atoms with Crippen LogP contribution in [0.15, 0.2) is 36.0 Å². The van der Waals surface area contributed by atoms with Crippen LogP contribution in [-0.4, -0.2) is 31.9 Å². The predicted octanol–water partition coefficient (Wildman–Crippen LogP) is 2.06. The van der Waals surface area contributed by atoms with E-state index < -0.39 is 6.09 Å². The average molecular weight is 300 g/mol. The van der Waals surface area contributed by atoms with Crippen molar-refractivity contribution >= 4 is 35.1 Å². The predicted molar refractivity (Wildman–Crippen MR) is 69.6 cm³/mol. The minimum Gasteiger partial charge on any atom is -0.465 e. The average Bonchev–Trinajstić information content (AvgIpc) is 2.80. The Bertz CT molecular complexity index is 627. The van der Waals surface area contributed by atoms with Gasteiger partial charge in [0, 0.05) is 10.6 Å². The van der Waals surface area contributed by atoms with E-state index in [1.807, 2.05) is 0 Å². The fraction of sp³-hybridized carbons (Fsp3) is 0. The van der Waals surface area contributed by atoms with Crippen molar-refractivity contribution in [3.8, 4) is 0 Å². The van der Waals surface area contributed by atoms with Gasteiger partial charge in [-0.25, -0.2) is 9.47 Å². The highest BCUT2D eigenvalue weighted by atomic mass is 35.5. The van der Waals surface area contributed by atoms with Crippen LogP contribution >= 0.6 is 23.2 Å². The number of hydrogen-bond donors (Lipinski definition) is 2. The van der Waals surface area contributed by atoms with E-state index in [9.17, 15) is 4.79 Å². The Hall–Kier alpha value is -2.12. The summed E-state index contributed by atoms with van der Waals surface area (Å²) >= 11 is 11.8. The van der Waals surface area contributed by atoms with Crippen LogP contribution in [0.2, 0.25) is 10.0 Å². The number of carboxylic acid groups (broad SMARTS) is 1. The van der Waals surface area contributed by atoms with Gasteiger partial charge in [-0.2, -0.15) is 0 Å². The number of aromatic nitrogens is 3. The molecule has 1 heterocycles. The van der Waals surface area contributed by atoms with Crippen molar-refractivity contribution in [3.63, 3.8) is 0 Å². The van der Waals surface area contributed by atoms with Crippen LogP contribution in [0.3, 0.4) is 0 Å². The summed E-state index contributed by atoms with van der Waals surface area (Å²) in [4.78, 5) is 10.8. The molecule has 0 aliphatic heterocycles. The first-order valence-electron chi connectivity index (χ1n) is 4.95. The van der Waals surface area contributed by atoms with E-state index in [4.69, 9.17) is 28.3 Å². The summed E-state index contributed by atoms with van der Waals surface area (Å²) in [5, 5.41) is 22.8. The molecule has 0 bridgehead atoms. The maximum Gasteiger partial charge on any atom is 0.410 e. The van der Waals surface area contributed by atoms with Crippen LogP contribution in [-0.2, 0) is 0 Å². The Balaban J connectivity index is 2.45. The van der Waals surface area contributed by atoms with Crippen LogP contribution in [0, 0.1) is 0 Å². The Morgan fingerprint density at radius 3 is 2.58 bits per heavy atom. The van der Waals surface area contributed by atoms with Gasteiger partial charge in [0.1, 0.15) is 12.7 Å². The highest BCUT2D eigenvalue weighted by Crippen LogP contribution is 2.21. The van der Waals surface area contributed by atoms with E-state index in [-0.39, 0.29) is 10.9 Å². The number of nitrogens with one attached hydrogen (secondary N) is 1. The number of nitrogens with zero attached hydrogens (tertiary/aromatic N) is 4. The van der Waals surface area contributed by atoms with Crippen molar-refractivity contribution in [2.24, 2.45) is 5.10 Å². The highest BCUT2D eigenvalue weighted by Gasteiger charge is 2.12. The SMILES string of the molecule is O=C(O)N/C(=N\n1cnnc1)c1ccc(Cl)cc1Cl. The van der Waals surface area contributed by atoms with E-state index in [0.29, 0.717) is 10.6 Å². The number of hydrogen-bond acceptors (Lipinski definition) is 4. The van der Waals surface area contributed by atoms with Crippen LogP contribution in [0.25, 0.3) is 0 Å². The van der Waals surface area contributed by atoms with Crippen molar-refractivity contribution in [2.75, 3.05) is 0 Å². The molecule has 1 aromatic heterocycles. The Kier molecular flexibility index (Phi) is 3.98. The Morgan fingerprint density at radius 1 is 1.32 bits per heavy atom. The van der Waals surface area contributed by atoms with Gasteiger partial charge < -0.3 is 5.11 Å². The smallest absolute Gasteiger partial charge is 0.410 e. The second-order valence-electron chi connectivity index (χ2n) is 3.34. The van der Waals surface area contributed by atoms with Gasteiger partial charge in [-0.3, -0.25) is 5.32 Å². The molecule has 0 aliphatic carbocycles. The van der Waals surface area contributed by atoms with Gasteiger partial charge in [0.2, 0.25) is 0 Å². The maximum absolute atomic E-state index is 10.8. The molecule has 0 saturated carbocycles. The lowest BCUT2D eigenvalue weighted by molar-refractivity contribution is 0.200. The minimum absolute atomic E-state index is 0.0361. The first-order chi connectivity index (χ1) is 9.06. The molecule has 0 saturated heterocycles. The summed E-state index contributed by atoms with van der Waals surface area (Å²) in [6.07, 6.45) is 1.36. The van der Waals surface area contributed by atoms with Gasteiger partial charge >= 0.3 is 6.09 Å². The molecule has 0 spiro atoms. The second-order valence-corrected chi connectivity index (χ2v) is 4.19. The molecule has 19 heavy (non-hydrogen) atoms. The summed E-state index contributed by atoms with van der Waals surface area (Å²) in [5.74, 6) is 0.0361. The van der Waals surface area contributed by atoms with E-state index in [1.165, 1.54) is 23.4 Å². The molecule has 1 aromatic carbocycles. The molecular formula is C10H7Cl2N5O2. The summed E-state index contributed by atoms with van der Waals surface area (Å²) in [7, 11) is 0. The lowest BCUT2D eigenvalue weighted by Crippen LogP contribution is -2.30. The number of rotatable bonds is 2. The van der Waals surface area contributed by atoms with Gasteiger partial charge in [-0.05, 0) is 18.2 Å². The summed E-state index contributed by atoms with van der Waals surface area (Å²) in [6.45, 7) is 0. The Labute approximate surface area is 117 Å². The fourth-order valence-electron chi connectivity index (χ4n) is 1.29. The highest BCUT2D eigenvalue weighted by molar-refractivity contribution is 6.37. The molecule has 0 aliphatic rings. The maximum atomic E-state index is 10.8. The van der Waals surface area contributed by atoms with Gasteiger partial charge in [0.15, 0.2) is 5.84 Å². The number of amidine groups is 1. The van der Waals surface area contributed by atoms with E-state index in [0.717, 1.165) is 0 Å². The van der Waals surface area contributed by atoms with Crippen molar-refractivity contribution in [1.29, 1.82) is 0 Å². The monoisotopic (exact) mass is 299 g/mol. The minimum atomic E-state index is -1.27. The molecule has 9 heteroatoms. The molecule has 2 rings (SSSR count). The molecule has 2 aromatic rings. The largest absolute Gasteiger partial charge is 0.465 e. The molecule has 2 N–H and O–H groups in total. The molecule has 7 nitrogen and oxygen atoms in total. The third-order valence-electron chi connectivity index (χ3n) is 2.03. The summed E-state index contributed by atoms with van der Waals surface area (Å²) in [5.41, 5.74) is 0.391. The zero-order chi connectivity index (χ0) is 13.8. The molecule has 98 valence electrons. The van der Waals surface area contributed by atoms with Crippen molar-refractivity contribution in [3.05, 3.63) is 46.5 Å². The zero-order valence-corrected chi connectivity index (χ0v) is 10.8. The van der Waals surface area contributed by atoms with Gasteiger partial charge in [-0.1, -0.05) is 23.2 Å². The summed E-state index contributed by atoms with van der Waals surface area (Å²) < 4.78 is 1.25. The molecule has 1 amide bonds.